The number of carbonyl (C=O) groups is 2. The highest BCUT2D eigenvalue weighted by molar-refractivity contribution is 5.94. The number of rotatable bonds is 5. The molecule has 2 rings (SSSR count). The largest absolute Gasteiger partial charge is 0.355 e. The van der Waals surface area contributed by atoms with Crippen LogP contribution >= 0.6 is 0 Å². The van der Waals surface area contributed by atoms with Gasteiger partial charge in [-0.05, 0) is 51.7 Å². The number of carbonyl (C=O) groups excluding carboxylic acids is 2. The second kappa shape index (κ2) is 8.97. The molecule has 2 amide bonds. The summed E-state index contributed by atoms with van der Waals surface area (Å²) in [6.45, 7) is 2.22. The molecule has 1 saturated heterocycles. The van der Waals surface area contributed by atoms with Crippen LogP contribution in [0.25, 0.3) is 0 Å². The molecule has 2 N–H and O–H groups in total. The van der Waals surface area contributed by atoms with E-state index < -0.39 is 0 Å². The zero-order valence-corrected chi connectivity index (χ0v) is 15.7. The number of likely N-dealkylation sites (tertiary alicyclic amines) is 1. The van der Waals surface area contributed by atoms with Crippen LogP contribution in [-0.2, 0) is 11.3 Å². The van der Waals surface area contributed by atoms with Crippen molar-refractivity contribution in [1.29, 1.82) is 0 Å². The van der Waals surface area contributed by atoms with Crippen molar-refractivity contribution < 1.29 is 9.59 Å². The summed E-state index contributed by atoms with van der Waals surface area (Å²) < 4.78 is 0. The normalized spacial score (nSPS) is 21.6. The van der Waals surface area contributed by atoms with Gasteiger partial charge in [0, 0.05) is 38.3 Å². The van der Waals surface area contributed by atoms with Gasteiger partial charge in [0.25, 0.3) is 5.91 Å². The molecule has 0 unspecified atom stereocenters. The smallest absolute Gasteiger partial charge is 0.251 e. The number of amides is 2. The van der Waals surface area contributed by atoms with Crippen molar-refractivity contribution >= 4 is 11.8 Å². The lowest BCUT2D eigenvalue weighted by atomic mass is 10.0. The third kappa shape index (κ3) is 5.54. The van der Waals surface area contributed by atoms with Gasteiger partial charge in [0.1, 0.15) is 0 Å². The molecule has 2 atom stereocenters. The topological polar surface area (TPSA) is 64.7 Å². The molecule has 0 aromatic heterocycles. The fraction of sp³-hybridized carbons (Fsp3) is 0.579. The van der Waals surface area contributed by atoms with Crippen molar-refractivity contribution in [2.24, 2.45) is 5.92 Å². The molecule has 6 nitrogen and oxygen atoms in total. The summed E-state index contributed by atoms with van der Waals surface area (Å²) >= 11 is 0. The fourth-order valence-corrected chi connectivity index (χ4v) is 3.32. The van der Waals surface area contributed by atoms with Crippen LogP contribution in [-0.4, -0.2) is 68.9 Å². The predicted octanol–water partition coefficient (Wildman–Crippen LogP) is 0.934. The van der Waals surface area contributed by atoms with Crippen molar-refractivity contribution in [2.45, 2.75) is 25.4 Å². The van der Waals surface area contributed by atoms with Crippen LogP contribution in [0.2, 0.25) is 0 Å². The zero-order valence-electron chi connectivity index (χ0n) is 15.7. The molecule has 1 heterocycles. The minimum atomic E-state index is -0.117. The number of likely N-dealkylation sites (N-methyl/N-ethyl adjacent to an activating group) is 2. The molecule has 6 heteroatoms. The molecule has 0 saturated carbocycles. The van der Waals surface area contributed by atoms with E-state index in [1.165, 1.54) is 0 Å². The molecule has 0 bridgehead atoms. The summed E-state index contributed by atoms with van der Waals surface area (Å²) in [4.78, 5) is 28.8. The number of nitrogens with one attached hydrogen (secondary N) is 2. The SMILES string of the molecule is CNC(=O)c1cccc(CNC(=O)[C@@H]2CC[C@H](N(C)C)CN(C)C2)c1. The standard InChI is InChI=1S/C19H30N4O2/c1-20-18(24)15-7-5-6-14(10-15)11-21-19(25)16-8-9-17(22(2)3)13-23(4)12-16/h5-7,10,16-17H,8-9,11-13H2,1-4H3,(H,20,24)(H,21,25)/t16-,17+/m1/s1. The molecule has 25 heavy (non-hydrogen) atoms. The lowest BCUT2D eigenvalue weighted by Gasteiger charge is -2.25. The third-order valence-corrected chi connectivity index (χ3v) is 4.89. The van der Waals surface area contributed by atoms with E-state index in [1.807, 2.05) is 18.2 Å². The summed E-state index contributed by atoms with van der Waals surface area (Å²) in [7, 11) is 7.88. The Morgan fingerprint density at radius 3 is 2.68 bits per heavy atom. The molecule has 1 aliphatic rings. The van der Waals surface area contributed by atoms with E-state index in [0.29, 0.717) is 18.2 Å². The van der Waals surface area contributed by atoms with Gasteiger partial charge in [-0.3, -0.25) is 9.59 Å². The van der Waals surface area contributed by atoms with Gasteiger partial charge in [-0.25, -0.2) is 0 Å². The summed E-state index contributed by atoms with van der Waals surface area (Å²) in [6.07, 6.45) is 1.93. The highest BCUT2D eigenvalue weighted by Gasteiger charge is 2.27. The van der Waals surface area contributed by atoms with E-state index in [9.17, 15) is 9.59 Å². The molecule has 1 aromatic rings. The van der Waals surface area contributed by atoms with Crippen LogP contribution in [0.1, 0.15) is 28.8 Å². The van der Waals surface area contributed by atoms with E-state index >= 15 is 0 Å². The van der Waals surface area contributed by atoms with Crippen molar-refractivity contribution in [2.75, 3.05) is 41.3 Å². The molecule has 0 spiro atoms. The number of hydrogen-bond donors (Lipinski definition) is 2. The summed E-state index contributed by atoms with van der Waals surface area (Å²) in [5.74, 6) is -0.0121. The van der Waals surface area contributed by atoms with Crippen molar-refractivity contribution in [1.82, 2.24) is 20.4 Å². The summed E-state index contributed by atoms with van der Waals surface area (Å²) in [5.41, 5.74) is 1.54. The van der Waals surface area contributed by atoms with Crippen molar-refractivity contribution in [3.8, 4) is 0 Å². The minimum Gasteiger partial charge on any atom is -0.355 e. The van der Waals surface area contributed by atoms with Crippen molar-refractivity contribution in [3.63, 3.8) is 0 Å². The lowest BCUT2D eigenvalue weighted by molar-refractivity contribution is -0.125. The maximum Gasteiger partial charge on any atom is 0.251 e. The Balaban J connectivity index is 1.92. The highest BCUT2D eigenvalue weighted by atomic mass is 16.2. The summed E-state index contributed by atoms with van der Waals surface area (Å²) in [5, 5.41) is 5.65. The Morgan fingerprint density at radius 2 is 2.00 bits per heavy atom. The molecule has 1 aliphatic heterocycles. The predicted molar refractivity (Wildman–Crippen MR) is 99.4 cm³/mol. The van der Waals surface area contributed by atoms with Crippen LogP contribution in [0.15, 0.2) is 24.3 Å². The number of nitrogens with zero attached hydrogens (tertiary/aromatic N) is 2. The van der Waals surface area contributed by atoms with Crippen LogP contribution in [0, 0.1) is 5.92 Å². The maximum absolute atomic E-state index is 12.6. The van der Waals surface area contributed by atoms with E-state index in [0.717, 1.165) is 31.5 Å². The Labute approximate surface area is 150 Å². The Morgan fingerprint density at radius 1 is 1.24 bits per heavy atom. The Hall–Kier alpha value is -1.92. The van der Waals surface area contributed by atoms with Gasteiger partial charge in [-0.2, -0.15) is 0 Å². The molecular weight excluding hydrogens is 316 g/mol. The maximum atomic E-state index is 12.6. The first-order valence-electron chi connectivity index (χ1n) is 8.84. The second-order valence-electron chi connectivity index (χ2n) is 7.11. The quantitative estimate of drug-likeness (QED) is 0.833. The van der Waals surface area contributed by atoms with Crippen LogP contribution in [0.3, 0.4) is 0 Å². The first-order chi connectivity index (χ1) is 11.9. The van der Waals surface area contributed by atoms with E-state index in [-0.39, 0.29) is 17.7 Å². The molecule has 1 aromatic carbocycles. The van der Waals surface area contributed by atoms with Gasteiger partial charge < -0.3 is 20.4 Å². The van der Waals surface area contributed by atoms with E-state index in [1.54, 1.807) is 13.1 Å². The number of hydrogen-bond acceptors (Lipinski definition) is 4. The van der Waals surface area contributed by atoms with Gasteiger partial charge in [-0.15, -0.1) is 0 Å². The fourth-order valence-electron chi connectivity index (χ4n) is 3.32. The zero-order chi connectivity index (χ0) is 18.4. The highest BCUT2D eigenvalue weighted by Crippen LogP contribution is 2.18. The molecular formula is C19H30N4O2. The van der Waals surface area contributed by atoms with Gasteiger partial charge in [0.05, 0.1) is 5.92 Å². The monoisotopic (exact) mass is 346 g/mol. The second-order valence-corrected chi connectivity index (χ2v) is 7.11. The van der Waals surface area contributed by atoms with E-state index in [4.69, 9.17) is 0 Å². The summed E-state index contributed by atoms with van der Waals surface area (Å²) in [6, 6.07) is 7.85. The van der Waals surface area contributed by atoms with Crippen LogP contribution in [0.4, 0.5) is 0 Å². The molecule has 138 valence electrons. The van der Waals surface area contributed by atoms with Gasteiger partial charge >= 0.3 is 0 Å². The van der Waals surface area contributed by atoms with Gasteiger partial charge in [0.15, 0.2) is 0 Å². The Kier molecular flexibility index (Phi) is 6.96. The first-order valence-corrected chi connectivity index (χ1v) is 8.84. The first kappa shape index (κ1) is 19.4. The lowest BCUT2D eigenvalue weighted by Crippen LogP contribution is -2.39. The number of benzene rings is 1. The third-order valence-electron chi connectivity index (χ3n) is 4.89. The van der Waals surface area contributed by atoms with Gasteiger partial charge in [0.2, 0.25) is 5.91 Å². The average Bonchev–Trinajstić information content (AvgIpc) is 2.81. The Bertz CT molecular complexity index is 603. The van der Waals surface area contributed by atoms with E-state index in [2.05, 4.69) is 41.6 Å². The van der Waals surface area contributed by atoms with Crippen molar-refractivity contribution in [3.05, 3.63) is 35.4 Å². The van der Waals surface area contributed by atoms with Crippen LogP contribution < -0.4 is 10.6 Å². The molecule has 1 fully saturated rings. The molecule has 0 aliphatic carbocycles. The van der Waals surface area contributed by atoms with Gasteiger partial charge in [-0.1, -0.05) is 12.1 Å². The average molecular weight is 346 g/mol. The molecule has 0 radical (unpaired) electrons. The minimum absolute atomic E-state index is 0.0112. The van der Waals surface area contributed by atoms with Crippen LogP contribution in [0.5, 0.6) is 0 Å².